The molecule has 5 heteroatoms. The lowest BCUT2D eigenvalue weighted by atomic mass is 10.1. The van der Waals surface area contributed by atoms with Crippen LogP contribution in [0.2, 0.25) is 0 Å². The Morgan fingerprint density at radius 2 is 2.22 bits per heavy atom. The largest absolute Gasteiger partial charge is 0.396 e. The van der Waals surface area contributed by atoms with Gasteiger partial charge in [0.1, 0.15) is 11.6 Å². The van der Waals surface area contributed by atoms with Gasteiger partial charge in [0.25, 0.3) is 0 Å². The first kappa shape index (κ1) is 13.0. The molecule has 18 heavy (non-hydrogen) atoms. The van der Waals surface area contributed by atoms with Crippen LogP contribution in [0.25, 0.3) is 0 Å². The van der Waals surface area contributed by atoms with Gasteiger partial charge in [0.2, 0.25) is 0 Å². The van der Waals surface area contributed by atoms with Crippen molar-refractivity contribution in [1.29, 1.82) is 0 Å². The summed E-state index contributed by atoms with van der Waals surface area (Å²) >= 11 is 0. The molecule has 100 valence electrons. The van der Waals surface area contributed by atoms with Gasteiger partial charge in [0.05, 0.1) is 5.69 Å². The molecule has 0 amide bonds. The Labute approximate surface area is 109 Å². The number of nitrogens with two attached hydrogens (primary N) is 2. The zero-order valence-corrected chi connectivity index (χ0v) is 11.2. The van der Waals surface area contributed by atoms with Gasteiger partial charge in [-0.1, -0.05) is 0 Å². The second-order valence-corrected chi connectivity index (χ2v) is 5.30. The van der Waals surface area contributed by atoms with Gasteiger partial charge < -0.3 is 21.7 Å². The number of hydrogen-bond donors (Lipinski definition) is 3. The van der Waals surface area contributed by atoms with Crippen molar-refractivity contribution >= 4 is 17.3 Å². The van der Waals surface area contributed by atoms with Gasteiger partial charge in [-0.05, 0) is 44.9 Å². The molecule has 1 unspecified atom stereocenters. The Hall–Kier alpha value is -1.49. The highest BCUT2D eigenvalue weighted by Gasteiger charge is 2.23. The molecule has 1 fully saturated rings. The fourth-order valence-electron chi connectivity index (χ4n) is 2.33. The van der Waals surface area contributed by atoms with Crippen LogP contribution in [0.1, 0.15) is 20.3 Å². The second-order valence-electron chi connectivity index (χ2n) is 5.30. The van der Waals surface area contributed by atoms with Crippen LogP contribution in [0, 0.1) is 5.92 Å². The molecule has 2 heterocycles. The number of likely N-dealkylation sites (tertiary alicyclic amines) is 1. The van der Waals surface area contributed by atoms with Crippen LogP contribution < -0.4 is 16.8 Å². The number of aromatic nitrogens is 1. The Balaban J connectivity index is 1.83. The van der Waals surface area contributed by atoms with E-state index in [1.54, 1.807) is 6.07 Å². The lowest BCUT2D eigenvalue weighted by Crippen LogP contribution is -2.29. The van der Waals surface area contributed by atoms with Crippen LogP contribution in [-0.4, -0.2) is 35.6 Å². The predicted octanol–water partition coefficient (Wildman–Crippen LogP) is 1.39. The topological polar surface area (TPSA) is 80.2 Å². The molecule has 5 nitrogen and oxygen atoms in total. The fraction of sp³-hybridized carbons (Fsp3) is 0.615. The average Bonchev–Trinajstić information content (AvgIpc) is 2.79. The number of nitrogens with one attached hydrogen (secondary N) is 1. The molecule has 0 aromatic carbocycles. The summed E-state index contributed by atoms with van der Waals surface area (Å²) in [5.74, 6) is 1.90. The van der Waals surface area contributed by atoms with Gasteiger partial charge >= 0.3 is 0 Å². The first-order chi connectivity index (χ1) is 8.56. The number of pyridine rings is 1. The van der Waals surface area contributed by atoms with Crippen molar-refractivity contribution in [2.75, 3.05) is 36.4 Å². The maximum Gasteiger partial charge on any atom is 0.149 e. The maximum absolute atomic E-state index is 5.68. The lowest BCUT2D eigenvalue weighted by molar-refractivity contribution is 0.266. The van der Waals surface area contributed by atoms with Gasteiger partial charge in [-0.2, -0.15) is 0 Å². The lowest BCUT2D eigenvalue weighted by Gasteiger charge is -2.20. The third kappa shape index (κ3) is 3.04. The van der Waals surface area contributed by atoms with Crippen LogP contribution in [0.4, 0.5) is 17.3 Å². The van der Waals surface area contributed by atoms with Gasteiger partial charge in [0.15, 0.2) is 0 Å². The molecule has 1 saturated heterocycles. The highest BCUT2D eigenvalue weighted by atomic mass is 15.2. The number of nitrogen functional groups attached to an aromatic ring is 2. The summed E-state index contributed by atoms with van der Waals surface area (Å²) in [7, 11) is 0. The molecule has 0 spiro atoms. The van der Waals surface area contributed by atoms with E-state index in [4.69, 9.17) is 11.5 Å². The molecule has 1 aromatic heterocycles. The predicted molar refractivity (Wildman–Crippen MR) is 76.4 cm³/mol. The van der Waals surface area contributed by atoms with Crippen molar-refractivity contribution in [3.8, 4) is 0 Å². The molecule has 1 aliphatic heterocycles. The summed E-state index contributed by atoms with van der Waals surface area (Å²) in [6, 6.07) is 4.31. The van der Waals surface area contributed by atoms with Crippen LogP contribution in [-0.2, 0) is 0 Å². The average molecular weight is 249 g/mol. The minimum Gasteiger partial charge on any atom is -0.396 e. The SMILES string of the molecule is CC(C)N1CCC(CNc2ccc(N)c(N)n2)C1. The van der Waals surface area contributed by atoms with E-state index in [0.29, 0.717) is 23.5 Å². The summed E-state index contributed by atoms with van der Waals surface area (Å²) < 4.78 is 0. The highest BCUT2D eigenvalue weighted by Crippen LogP contribution is 2.20. The number of hydrogen-bond acceptors (Lipinski definition) is 5. The van der Waals surface area contributed by atoms with Gasteiger partial charge in [-0.3, -0.25) is 0 Å². The molecule has 0 bridgehead atoms. The molecule has 5 N–H and O–H groups in total. The zero-order chi connectivity index (χ0) is 13.1. The first-order valence-electron chi connectivity index (χ1n) is 6.56. The molecular formula is C13H23N5. The molecule has 0 radical (unpaired) electrons. The normalized spacial score (nSPS) is 20.5. The Morgan fingerprint density at radius 1 is 1.44 bits per heavy atom. The van der Waals surface area contributed by atoms with Crippen LogP contribution in [0.15, 0.2) is 12.1 Å². The maximum atomic E-state index is 5.68. The standard InChI is InChI=1S/C13H23N5/c1-9(2)18-6-5-10(8-18)7-16-12-4-3-11(14)13(15)17-12/h3-4,9-10H,5-8,14H2,1-2H3,(H3,15,16,17). The van der Waals surface area contributed by atoms with Crippen molar-refractivity contribution in [3.63, 3.8) is 0 Å². The highest BCUT2D eigenvalue weighted by molar-refractivity contribution is 5.61. The molecule has 1 aromatic rings. The molecule has 1 aliphatic rings. The van der Waals surface area contributed by atoms with Crippen molar-refractivity contribution in [2.24, 2.45) is 5.92 Å². The number of nitrogens with zero attached hydrogens (tertiary/aromatic N) is 2. The molecular weight excluding hydrogens is 226 g/mol. The third-order valence-corrected chi connectivity index (χ3v) is 3.58. The number of anilines is 3. The van der Waals surface area contributed by atoms with Crippen LogP contribution in [0.5, 0.6) is 0 Å². The summed E-state index contributed by atoms with van der Waals surface area (Å²) in [5, 5.41) is 3.34. The minimum atomic E-state index is 0.398. The monoisotopic (exact) mass is 249 g/mol. The van der Waals surface area contributed by atoms with E-state index in [1.807, 2.05) is 6.07 Å². The van der Waals surface area contributed by atoms with E-state index in [1.165, 1.54) is 13.0 Å². The molecule has 0 aliphatic carbocycles. The van der Waals surface area contributed by atoms with Crippen molar-refractivity contribution in [2.45, 2.75) is 26.3 Å². The Kier molecular flexibility index (Phi) is 3.91. The van der Waals surface area contributed by atoms with Crippen LogP contribution >= 0.6 is 0 Å². The Bertz CT molecular complexity index is 404. The zero-order valence-electron chi connectivity index (χ0n) is 11.2. The summed E-state index contributed by atoms with van der Waals surface area (Å²) in [5.41, 5.74) is 11.9. The van der Waals surface area contributed by atoms with E-state index in [0.717, 1.165) is 18.9 Å². The van der Waals surface area contributed by atoms with E-state index in [9.17, 15) is 0 Å². The van der Waals surface area contributed by atoms with E-state index in [-0.39, 0.29) is 0 Å². The van der Waals surface area contributed by atoms with E-state index < -0.39 is 0 Å². The smallest absolute Gasteiger partial charge is 0.149 e. The number of rotatable bonds is 4. The molecule has 1 atom stereocenters. The second kappa shape index (κ2) is 5.44. The van der Waals surface area contributed by atoms with Crippen LogP contribution in [0.3, 0.4) is 0 Å². The van der Waals surface area contributed by atoms with Crippen molar-refractivity contribution in [3.05, 3.63) is 12.1 Å². The van der Waals surface area contributed by atoms with Crippen molar-refractivity contribution in [1.82, 2.24) is 9.88 Å². The van der Waals surface area contributed by atoms with Crippen molar-refractivity contribution < 1.29 is 0 Å². The first-order valence-corrected chi connectivity index (χ1v) is 6.56. The Morgan fingerprint density at radius 3 is 2.83 bits per heavy atom. The van der Waals surface area contributed by atoms with Gasteiger partial charge in [0, 0.05) is 19.1 Å². The van der Waals surface area contributed by atoms with E-state index in [2.05, 4.69) is 29.0 Å². The quantitative estimate of drug-likeness (QED) is 0.751. The summed E-state index contributed by atoms with van der Waals surface area (Å²) in [6.45, 7) is 7.80. The van der Waals surface area contributed by atoms with Gasteiger partial charge in [-0.25, -0.2) is 4.98 Å². The molecule has 0 saturated carbocycles. The minimum absolute atomic E-state index is 0.398. The van der Waals surface area contributed by atoms with E-state index >= 15 is 0 Å². The summed E-state index contributed by atoms with van der Waals surface area (Å²) in [6.07, 6.45) is 1.25. The molecule has 2 rings (SSSR count). The summed E-state index contributed by atoms with van der Waals surface area (Å²) in [4.78, 5) is 6.73. The van der Waals surface area contributed by atoms with Gasteiger partial charge in [-0.15, -0.1) is 0 Å². The fourth-order valence-corrected chi connectivity index (χ4v) is 2.33. The third-order valence-electron chi connectivity index (χ3n) is 3.58.